The Morgan fingerprint density at radius 1 is 1.07 bits per heavy atom. The summed E-state index contributed by atoms with van der Waals surface area (Å²) in [6.07, 6.45) is 3.32. The van der Waals surface area contributed by atoms with E-state index in [0.29, 0.717) is 23.7 Å². The average Bonchev–Trinajstić information content (AvgIpc) is 3.13. The molecule has 1 aliphatic heterocycles. The van der Waals surface area contributed by atoms with Crippen molar-refractivity contribution < 1.29 is 4.79 Å². The molecule has 2 amide bonds. The molecule has 1 heterocycles. The number of carbonyl (C=O) groups is 1. The highest BCUT2D eigenvalue weighted by Gasteiger charge is 2.46. The van der Waals surface area contributed by atoms with Crippen LogP contribution < -0.4 is 10.6 Å². The lowest BCUT2D eigenvalue weighted by molar-refractivity contribution is 0.0848. The predicted octanol–water partition coefficient (Wildman–Crippen LogP) is 4.64. The first-order valence-corrected chi connectivity index (χ1v) is 10.4. The van der Waals surface area contributed by atoms with Crippen molar-refractivity contribution in [2.24, 2.45) is 5.73 Å². The van der Waals surface area contributed by atoms with E-state index in [-0.39, 0.29) is 11.6 Å². The van der Waals surface area contributed by atoms with E-state index in [1.54, 1.807) is 17.0 Å². The average molecular weight is 409 g/mol. The van der Waals surface area contributed by atoms with Crippen LogP contribution in [0.15, 0.2) is 48.5 Å². The molecular weight excluding hydrogens is 384 g/mol. The van der Waals surface area contributed by atoms with Gasteiger partial charge in [0.05, 0.1) is 11.6 Å². The lowest BCUT2D eigenvalue weighted by Gasteiger charge is -2.47. The molecule has 1 saturated carbocycles. The molecule has 150 valence electrons. The maximum atomic E-state index is 13.2. The zero-order valence-electron chi connectivity index (χ0n) is 16.6. The molecule has 2 fully saturated rings. The van der Waals surface area contributed by atoms with Crippen molar-refractivity contribution in [3.05, 3.63) is 64.7 Å². The van der Waals surface area contributed by atoms with E-state index in [0.717, 1.165) is 36.9 Å². The van der Waals surface area contributed by atoms with Gasteiger partial charge in [-0.25, -0.2) is 4.79 Å². The highest BCUT2D eigenvalue weighted by atomic mass is 35.5. The van der Waals surface area contributed by atoms with Crippen molar-refractivity contribution in [3.63, 3.8) is 0 Å². The van der Waals surface area contributed by atoms with Crippen molar-refractivity contribution in [2.45, 2.75) is 43.7 Å². The van der Waals surface area contributed by atoms with Crippen LogP contribution in [0.4, 0.5) is 10.5 Å². The van der Waals surface area contributed by atoms with Crippen LogP contribution in [0.25, 0.3) is 0 Å². The monoisotopic (exact) mass is 408 g/mol. The minimum Gasteiger partial charge on any atom is -0.321 e. The van der Waals surface area contributed by atoms with Crippen LogP contribution in [0, 0.1) is 11.3 Å². The molecule has 6 heteroatoms. The van der Waals surface area contributed by atoms with Gasteiger partial charge in [0, 0.05) is 34.9 Å². The van der Waals surface area contributed by atoms with Crippen LogP contribution in [0.1, 0.15) is 43.7 Å². The van der Waals surface area contributed by atoms with Gasteiger partial charge in [-0.05, 0) is 74.6 Å². The number of benzene rings is 2. The zero-order chi connectivity index (χ0) is 20.6. The Hall–Kier alpha value is -2.55. The fourth-order valence-electron chi connectivity index (χ4n) is 4.58. The summed E-state index contributed by atoms with van der Waals surface area (Å²) < 4.78 is 0. The van der Waals surface area contributed by atoms with Crippen LogP contribution in [0.5, 0.6) is 0 Å². The smallest absolute Gasteiger partial charge is 0.321 e. The van der Waals surface area contributed by atoms with Crippen molar-refractivity contribution in [3.8, 4) is 6.07 Å². The van der Waals surface area contributed by atoms with Crippen LogP contribution >= 0.6 is 11.6 Å². The van der Waals surface area contributed by atoms with Crippen molar-refractivity contribution in [2.75, 3.05) is 18.0 Å². The molecule has 2 N–H and O–H groups in total. The van der Waals surface area contributed by atoms with Gasteiger partial charge in [0.25, 0.3) is 0 Å². The summed E-state index contributed by atoms with van der Waals surface area (Å²) in [5, 5.41) is 9.68. The van der Waals surface area contributed by atoms with Crippen LogP contribution in [0.3, 0.4) is 0 Å². The van der Waals surface area contributed by atoms with E-state index in [9.17, 15) is 4.79 Å². The molecule has 0 bridgehead atoms. The molecule has 5 nitrogen and oxygen atoms in total. The number of nitriles is 1. The van der Waals surface area contributed by atoms with Crippen LogP contribution in [-0.2, 0) is 5.54 Å². The largest absolute Gasteiger partial charge is 0.325 e. The van der Waals surface area contributed by atoms with Crippen molar-refractivity contribution >= 4 is 23.3 Å². The normalized spacial score (nSPS) is 27.2. The molecule has 29 heavy (non-hydrogen) atoms. The van der Waals surface area contributed by atoms with E-state index in [1.165, 1.54) is 0 Å². The minimum atomic E-state index is -0.403. The second-order valence-electron chi connectivity index (χ2n) is 8.41. The summed E-state index contributed by atoms with van der Waals surface area (Å²) in [4.78, 5) is 17.0. The number of amides is 2. The van der Waals surface area contributed by atoms with Crippen LogP contribution in [-0.4, -0.2) is 29.6 Å². The molecule has 2 aliphatic rings. The Balaban J connectivity index is 1.48. The highest BCUT2D eigenvalue weighted by molar-refractivity contribution is 6.30. The molecule has 1 aliphatic carbocycles. The second kappa shape index (κ2) is 7.37. The van der Waals surface area contributed by atoms with Crippen molar-refractivity contribution in [1.82, 2.24) is 4.90 Å². The molecule has 4 rings (SSSR count). The van der Waals surface area contributed by atoms with Gasteiger partial charge in [0.2, 0.25) is 0 Å². The molecule has 0 radical (unpaired) electrons. The second-order valence-corrected chi connectivity index (χ2v) is 8.84. The summed E-state index contributed by atoms with van der Waals surface area (Å²) in [7, 11) is 0. The summed E-state index contributed by atoms with van der Waals surface area (Å²) in [5.41, 5.74) is 8.64. The van der Waals surface area contributed by atoms with Gasteiger partial charge in [-0.1, -0.05) is 23.7 Å². The molecule has 2 aromatic rings. The third-order valence-corrected chi connectivity index (χ3v) is 6.82. The molecule has 0 atom stereocenters. The predicted molar refractivity (Wildman–Crippen MR) is 115 cm³/mol. The van der Waals surface area contributed by atoms with Gasteiger partial charge < -0.3 is 10.6 Å². The molecule has 0 aromatic heterocycles. The fourth-order valence-corrected chi connectivity index (χ4v) is 4.78. The lowest BCUT2D eigenvalue weighted by atomic mass is 9.70. The molecule has 0 spiro atoms. The van der Waals surface area contributed by atoms with E-state index in [1.807, 2.05) is 41.3 Å². The first kappa shape index (κ1) is 19.8. The summed E-state index contributed by atoms with van der Waals surface area (Å²) >= 11 is 6.17. The standard InChI is InChI=1S/C23H25ClN4O/c1-22(9-11-23(26,12-10-22)18-3-2-4-19(24)15-18)28-14-13-27(21(28)29)20-7-5-17(16-25)6-8-20/h2-8,15H,9-14,26H2,1H3. The summed E-state index contributed by atoms with van der Waals surface area (Å²) in [6, 6.07) is 17.1. The molecule has 2 aromatic carbocycles. The van der Waals surface area contributed by atoms with Gasteiger partial charge in [0.1, 0.15) is 0 Å². The first-order chi connectivity index (χ1) is 13.8. The number of hydrogen-bond acceptors (Lipinski definition) is 3. The number of rotatable bonds is 3. The first-order valence-electron chi connectivity index (χ1n) is 9.99. The Bertz CT molecular complexity index is 958. The zero-order valence-corrected chi connectivity index (χ0v) is 17.3. The van der Waals surface area contributed by atoms with Crippen LogP contribution in [0.2, 0.25) is 5.02 Å². The van der Waals surface area contributed by atoms with E-state index in [2.05, 4.69) is 13.0 Å². The molecule has 1 saturated heterocycles. The quantitative estimate of drug-likeness (QED) is 0.803. The minimum absolute atomic E-state index is 0.0319. The van der Waals surface area contributed by atoms with Crippen molar-refractivity contribution in [1.29, 1.82) is 5.26 Å². The Morgan fingerprint density at radius 2 is 1.76 bits per heavy atom. The number of halogens is 1. The Labute approximate surface area is 176 Å². The fraction of sp³-hybridized carbons (Fsp3) is 0.391. The SMILES string of the molecule is CC1(N2CCN(c3ccc(C#N)cc3)C2=O)CCC(N)(c2cccc(Cl)c2)CC1. The lowest BCUT2D eigenvalue weighted by Crippen LogP contribution is -2.54. The highest BCUT2D eigenvalue weighted by Crippen LogP contribution is 2.44. The third kappa shape index (κ3) is 3.59. The third-order valence-electron chi connectivity index (χ3n) is 6.59. The number of nitrogens with zero attached hydrogens (tertiary/aromatic N) is 3. The number of hydrogen-bond donors (Lipinski definition) is 1. The molecular formula is C23H25ClN4O. The van der Waals surface area contributed by atoms with E-state index in [4.69, 9.17) is 22.6 Å². The van der Waals surface area contributed by atoms with Gasteiger partial charge in [-0.2, -0.15) is 5.26 Å². The maximum absolute atomic E-state index is 13.2. The summed E-state index contributed by atoms with van der Waals surface area (Å²) in [6.45, 7) is 3.52. The van der Waals surface area contributed by atoms with Gasteiger partial charge >= 0.3 is 6.03 Å². The van der Waals surface area contributed by atoms with Gasteiger partial charge in [-0.3, -0.25) is 4.90 Å². The number of urea groups is 1. The maximum Gasteiger partial charge on any atom is 0.325 e. The molecule has 0 unspecified atom stereocenters. The number of carbonyl (C=O) groups excluding carboxylic acids is 1. The van der Waals surface area contributed by atoms with Gasteiger partial charge in [0.15, 0.2) is 0 Å². The topological polar surface area (TPSA) is 73.4 Å². The van der Waals surface area contributed by atoms with E-state index >= 15 is 0 Å². The Morgan fingerprint density at radius 3 is 2.38 bits per heavy atom. The van der Waals surface area contributed by atoms with Gasteiger partial charge in [-0.15, -0.1) is 0 Å². The van der Waals surface area contributed by atoms with E-state index < -0.39 is 5.54 Å². The summed E-state index contributed by atoms with van der Waals surface area (Å²) in [5.74, 6) is 0. The number of nitrogens with two attached hydrogens (primary N) is 1. The Kier molecular flexibility index (Phi) is 5.02. The number of anilines is 1.